The highest BCUT2D eigenvalue weighted by atomic mass is 32.1. The average molecular weight is 283 g/mol. The van der Waals surface area contributed by atoms with Crippen molar-refractivity contribution in [3.63, 3.8) is 0 Å². The van der Waals surface area contributed by atoms with Gasteiger partial charge in [0, 0.05) is 19.8 Å². The summed E-state index contributed by atoms with van der Waals surface area (Å²) in [6.45, 7) is 1.49. The Labute approximate surface area is 115 Å². The van der Waals surface area contributed by atoms with E-state index in [1.165, 1.54) is 11.8 Å². The lowest BCUT2D eigenvalue weighted by molar-refractivity contribution is 0.104. The van der Waals surface area contributed by atoms with Crippen molar-refractivity contribution in [2.45, 2.75) is 12.5 Å². The van der Waals surface area contributed by atoms with E-state index in [2.05, 4.69) is 19.2 Å². The molecule has 104 valence electrons. The van der Waals surface area contributed by atoms with Crippen molar-refractivity contribution in [3.05, 3.63) is 24.2 Å². The van der Waals surface area contributed by atoms with E-state index in [1.54, 1.807) is 4.68 Å². The van der Waals surface area contributed by atoms with Crippen LogP contribution in [0.15, 0.2) is 18.6 Å². The first kappa shape index (κ1) is 13.9. The zero-order valence-corrected chi connectivity index (χ0v) is 11.5. The number of aryl methyl sites for hydroxylation is 1. The molecule has 0 amide bonds. The van der Waals surface area contributed by atoms with E-state index < -0.39 is 6.10 Å². The fourth-order valence-electron chi connectivity index (χ4n) is 1.56. The molecule has 0 aliphatic heterocycles. The van der Waals surface area contributed by atoms with Crippen LogP contribution in [0.5, 0.6) is 5.88 Å². The lowest BCUT2D eigenvalue weighted by Gasteiger charge is -2.11. The molecular formula is C11H17N5O2S. The molecule has 0 spiro atoms. The zero-order valence-electron chi connectivity index (χ0n) is 10.7. The number of rotatable bonds is 8. The molecular weight excluding hydrogens is 266 g/mol. The van der Waals surface area contributed by atoms with Crippen molar-refractivity contribution in [2.24, 2.45) is 7.05 Å². The Morgan fingerprint density at radius 3 is 3.11 bits per heavy atom. The SMILES string of the molecule is Cn1cc(CCNCC(O)COc2cnsn2)cn1. The number of hydrogen-bond acceptors (Lipinski definition) is 7. The van der Waals surface area contributed by atoms with Crippen molar-refractivity contribution < 1.29 is 9.84 Å². The third-order valence-electron chi connectivity index (χ3n) is 2.49. The monoisotopic (exact) mass is 283 g/mol. The molecule has 2 aromatic rings. The number of aliphatic hydroxyl groups is 1. The first-order chi connectivity index (χ1) is 9.24. The molecule has 8 heteroatoms. The zero-order chi connectivity index (χ0) is 13.5. The second-order valence-corrected chi connectivity index (χ2v) is 4.74. The van der Waals surface area contributed by atoms with E-state index in [-0.39, 0.29) is 6.61 Å². The summed E-state index contributed by atoms with van der Waals surface area (Å²) in [6, 6.07) is 0. The number of nitrogens with one attached hydrogen (secondary N) is 1. The molecule has 0 saturated carbocycles. The van der Waals surface area contributed by atoms with Gasteiger partial charge in [0.15, 0.2) is 0 Å². The van der Waals surface area contributed by atoms with E-state index >= 15 is 0 Å². The van der Waals surface area contributed by atoms with Crippen LogP contribution in [0.3, 0.4) is 0 Å². The van der Waals surface area contributed by atoms with E-state index in [9.17, 15) is 5.11 Å². The molecule has 0 radical (unpaired) electrons. The van der Waals surface area contributed by atoms with E-state index in [0.29, 0.717) is 12.4 Å². The third kappa shape index (κ3) is 4.93. The minimum absolute atomic E-state index is 0.214. The van der Waals surface area contributed by atoms with Crippen molar-refractivity contribution in [1.29, 1.82) is 0 Å². The summed E-state index contributed by atoms with van der Waals surface area (Å²) in [4.78, 5) is 0. The summed E-state index contributed by atoms with van der Waals surface area (Å²) >= 11 is 1.08. The van der Waals surface area contributed by atoms with Gasteiger partial charge in [-0.25, -0.2) is 0 Å². The Morgan fingerprint density at radius 2 is 2.42 bits per heavy atom. The average Bonchev–Trinajstić information content (AvgIpc) is 3.04. The molecule has 0 aromatic carbocycles. The normalized spacial score (nSPS) is 12.5. The predicted octanol–water partition coefficient (Wildman–Crippen LogP) is -0.156. The number of ether oxygens (including phenoxy) is 1. The molecule has 0 saturated heterocycles. The molecule has 19 heavy (non-hydrogen) atoms. The largest absolute Gasteiger partial charge is 0.473 e. The van der Waals surface area contributed by atoms with Gasteiger partial charge in [-0.1, -0.05) is 0 Å². The van der Waals surface area contributed by atoms with Gasteiger partial charge >= 0.3 is 0 Å². The molecule has 1 unspecified atom stereocenters. The summed E-state index contributed by atoms with van der Waals surface area (Å²) in [5.41, 5.74) is 1.18. The molecule has 2 rings (SSSR count). The highest BCUT2D eigenvalue weighted by Crippen LogP contribution is 2.05. The first-order valence-corrected chi connectivity index (χ1v) is 6.74. The predicted molar refractivity (Wildman–Crippen MR) is 71.2 cm³/mol. The standard InChI is InChI=1S/C11H17N5O2S/c1-16-7-9(4-13-16)2-3-12-5-10(17)8-18-11-6-14-19-15-11/h4,6-7,10,12,17H,2-3,5,8H2,1H3. The Hall–Kier alpha value is -1.51. The fourth-order valence-corrected chi connectivity index (χ4v) is 1.93. The van der Waals surface area contributed by atoms with Crippen LogP contribution in [-0.4, -0.2) is 49.4 Å². The maximum Gasteiger partial charge on any atom is 0.245 e. The van der Waals surface area contributed by atoms with Crippen LogP contribution in [0.1, 0.15) is 5.56 Å². The van der Waals surface area contributed by atoms with Gasteiger partial charge in [0.1, 0.15) is 18.9 Å². The van der Waals surface area contributed by atoms with Crippen molar-refractivity contribution in [3.8, 4) is 5.88 Å². The molecule has 0 aliphatic carbocycles. The van der Waals surface area contributed by atoms with Crippen LogP contribution in [0, 0.1) is 0 Å². The van der Waals surface area contributed by atoms with E-state index in [0.717, 1.165) is 24.7 Å². The second kappa shape index (κ2) is 7.17. The quantitative estimate of drug-likeness (QED) is 0.655. The van der Waals surface area contributed by atoms with Crippen LogP contribution >= 0.6 is 11.7 Å². The summed E-state index contributed by atoms with van der Waals surface area (Å²) in [6.07, 6.45) is 5.69. The Bertz CT molecular complexity index is 473. The second-order valence-electron chi connectivity index (χ2n) is 4.19. The van der Waals surface area contributed by atoms with Gasteiger partial charge in [0.25, 0.3) is 0 Å². The van der Waals surface area contributed by atoms with Crippen molar-refractivity contribution >= 4 is 11.7 Å². The molecule has 0 fully saturated rings. The first-order valence-electron chi connectivity index (χ1n) is 6.00. The summed E-state index contributed by atoms with van der Waals surface area (Å²) < 4.78 is 14.7. The summed E-state index contributed by atoms with van der Waals surface area (Å²) in [5, 5.41) is 17.0. The van der Waals surface area contributed by atoms with Gasteiger partial charge in [-0.3, -0.25) is 4.68 Å². The van der Waals surface area contributed by atoms with Gasteiger partial charge in [0.05, 0.1) is 17.9 Å². The molecule has 2 heterocycles. The highest BCUT2D eigenvalue weighted by molar-refractivity contribution is 6.99. The molecule has 0 bridgehead atoms. The minimum Gasteiger partial charge on any atom is -0.473 e. The highest BCUT2D eigenvalue weighted by Gasteiger charge is 2.06. The number of nitrogens with zero attached hydrogens (tertiary/aromatic N) is 4. The number of aromatic nitrogens is 4. The number of hydrogen-bond donors (Lipinski definition) is 2. The third-order valence-corrected chi connectivity index (χ3v) is 2.95. The van der Waals surface area contributed by atoms with E-state index in [4.69, 9.17) is 4.74 Å². The van der Waals surface area contributed by atoms with Crippen LogP contribution in [0.25, 0.3) is 0 Å². The van der Waals surface area contributed by atoms with Gasteiger partial charge in [-0.15, -0.1) is 4.37 Å². The molecule has 2 aromatic heterocycles. The van der Waals surface area contributed by atoms with Gasteiger partial charge in [0.2, 0.25) is 5.88 Å². The number of aliphatic hydroxyl groups excluding tert-OH is 1. The molecule has 7 nitrogen and oxygen atoms in total. The maximum atomic E-state index is 9.70. The Kier molecular flexibility index (Phi) is 5.25. The fraction of sp³-hybridized carbons (Fsp3) is 0.545. The minimum atomic E-state index is -0.560. The van der Waals surface area contributed by atoms with Crippen LogP contribution in [0.2, 0.25) is 0 Å². The molecule has 0 aliphatic rings. The smallest absolute Gasteiger partial charge is 0.245 e. The summed E-state index contributed by atoms with van der Waals surface area (Å²) in [7, 11) is 1.89. The lowest BCUT2D eigenvalue weighted by Crippen LogP contribution is -2.32. The van der Waals surface area contributed by atoms with Gasteiger partial charge in [-0.2, -0.15) is 9.47 Å². The van der Waals surface area contributed by atoms with Crippen molar-refractivity contribution in [2.75, 3.05) is 19.7 Å². The van der Waals surface area contributed by atoms with E-state index in [1.807, 2.05) is 19.4 Å². The van der Waals surface area contributed by atoms with Crippen LogP contribution < -0.4 is 10.1 Å². The Morgan fingerprint density at radius 1 is 1.53 bits per heavy atom. The molecule has 2 N–H and O–H groups in total. The van der Waals surface area contributed by atoms with Crippen molar-refractivity contribution in [1.82, 2.24) is 23.8 Å². The summed E-state index contributed by atoms with van der Waals surface area (Å²) in [5.74, 6) is 0.458. The molecule has 1 atom stereocenters. The lowest BCUT2D eigenvalue weighted by atomic mass is 10.2. The Balaban J connectivity index is 1.55. The maximum absolute atomic E-state index is 9.70. The van der Waals surface area contributed by atoms with Gasteiger partial charge in [-0.05, 0) is 18.5 Å². The van der Waals surface area contributed by atoms with Crippen LogP contribution in [0.4, 0.5) is 0 Å². The van der Waals surface area contributed by atoms with Crippen LogP contribution in [-0.2, 0) is 13.5 Å². The topological polar surface area (TPSA) is 85.1 Å². The van der Waals surface area contributed by atoms with Gasteiger partial charge < -0.3 is 15.2 Å².